The third-order valence-electron chi connectivity index (χ3n) is 4.76. The van der Waals surface area contributed by atoms with Crippen molar-refractivity contribution < 1.29 is 14.3 Å². The van der Waals surface area contributed by atoms with Crippen molar-refractivity contribution in [3.8, 4) is 0 Å². The van der Waals surface area contributed by atoms with Gasteiger partial charge in [-0.1, -0.05) is 29.8 Å². The minimum Gasteiger partial charge on any atom is -0.365 e. The average molecular weight is 402 g/mol. The Labute approximate surface area is 169 Å². The third kappa shape index (κ3) is 4.88. The fourth-order valence-corrected chi connectivity index (χ4v) is 3.24. The van der Waals surface area contributed by atoms with Crippen molar-refractivity contribution in [3.63, 3.8) is 0 Å². The van der Waals surface area contributed by atoms with E-state index in [0.717, 1.165) is 24.1 Å². The molecule has 28 heavy (non-hydrogen) atoms. The molecule has 6 nitrogen and oxygen atoms in total. The van der Waals surface area contributed by atoms with Crippen molar-refractivity contribution in [3.05, 3.63) is 58.9 Å². The molecule has 3 rings (SSSR count). The Bertz CT molecular complexity index is 868. The van der Waals surface area contributed by atoms with Gasteiger partial charge in [0.15, 0.2) is 0 Å². The van der Waals surface area contributed by atoms with Crippen molar-refractivity contribution >= 4 is 29.1 Å². The van der Waals surface area contributed by atoms with Crippen LogP contribution in [0.15, 0.2) is 36.4 Å². The number of hydrogen-bond donors (Lipinski definition) is 1. The van der Waals surface area contributed by atoms with Gasteiger partial charge in [0.05, 0.1) is 12.2 Å². The molecule has 2 N–H and O–H groups in total. The Morgan fingerprint density at radius 1 is 1.25 bits per heavy atom. The first-order valence-electron chi connectivity index (χ1n) is 9.32. The Hall–Kier alpha value is -2.44. The summed E-state index contributed by atoms with van der Waals surface area (Å²) in [4.78, 5) is 31.3. The fourth-order valence-electron chi connectivity index (χ4n) is 3.13. The molecule has 0 aliphatic heterocycles. The number of nitrogens with zero attached hydrogens (tertiary/aromatic N) is 2. The van der Waals surface area contributed by atoms with E-state index >= 15 is 0 Å². The topological polar surface area (TPSA) is 85.5 Å². The minimum absolute atomic E-state index is 0.00810. The second-order valence-electron chi connectivity index (χ2n) is 6.97. The quantitative estimate of drug-likeness (QED) is 0.516. The van der Waals surface area contributed by atoms with Crippen LogP contribution < -0.4 is 10.6 Å². The van der Waals surface area contributed by atoms with Crippen molar-refractivity contribution in [2.45, 2.75) is 26.2 Å². The maximum absolute atomic E-state index is 13.5. The first-order valence-corrected chi connectivity index (χ1v) is 9.85. The molecule has 0 saturated heterocycles. The molecule has 1 saturated carbocycles. The van der Waals surface area contributed by atoms with E-state index in [1.807, 2.05) is 24.3 Å². The zero-order valence-corrected chi connectivity index (χ0v) is 16.6. The average Bonchev–Trinajstić information content (AvgIpc) is 3.50. The summed E-state index contributed by atoms with van der Waals surface area (Å²) in [5.41, 5.74) is 8.16. The summed E-state index contributed by atoms with van der Waals surface area (Å²) in [6.07, 6.45) is 2.82. The number of primary amides is 1. The van der Waals surface area contributed by atoms with Crippen LogP contribution in [0.4, 0.5) is 5.69 Å². The maximum atomic E-state index is 13.5. The number of alkyl halides is 1. The van der Waals surface area contributed by atoms with E-state index in [0.29, 0.717) is 31.2 Å². The molecule has 7 heteroatoms. The number of rotatable bonds is 9. The van der Waals surface area contributed by atoms with E-state index in [-0.39, 0.29) is 23.2 Å². The largest absolute Gasteiger partial charge is 0.365 e. The van der Waals surface area contributed by atoms with Gasteiger partial charge >= 0.3 is 0 Å². The fraction of sp³-hybridized carbons (Fsp3) is 0.381. The Morgan fingerprint density at radius 3 is 2.68 bits per heavy atom. The van der Waals surface area contributed by atoms with Crippen LogP contribution >= 0.6 is 11.6 Å². The monoisotopic (exact) mass is 401 g/mol. The van der Waals surface area contributed by atoms with Gasteiger partial charge in [-0.3, -0.25) is 9.59 Å². The number of aryl methyl sites for hydroxylation is 1. The first kappa shape index (κ1) is 20.3. The zero-order valence-electron chi connectivity index (χ0n) is 15.9. The van der Waals surface area contributed by atoms with Crippen LogP contribution in [0.1, 0.15) is 44.9 Å². The number of pyridine rings is 1. The van der Waals surface area contributed by atoms with Crippen LogP contribution in [0.5, 0.6) is 0 Å². The van der Waals surface area contributed by atoms with E-state index in [1.165, 1.54) is 0 Å². The predicted octanol–water partition coefficient (Wildman–Crippen LogP) is 3.30. The minimum atomic E-state index is -0.706. The molecular formula is C21H24ClN3O3. The van der Waals surface area contributed by atoms with Crippen molar-refractivity contribution in [2.75, 3.05) is 24.1 Å². The summed E-state index contributed by atoms with van der Waals surface area (Å²) in [6, 6.07) is 11.2. The molecule has 1 heterocycles. The van der Waals surface area contributed by atoms with Gasteiger partial charge in [0.25, 0.3) is 11.8 Å². The van der Waals surface area contributed by atoms with Crippen LogP contribution in [0.3, 0.4) is 0 Å². The van der Waals surface area contributed by atoms with Gasteiger partial charge in [0.1, 0.15) is 11.8 Å². The number of aromatic nitrogens is 1. The van der Waals surface area contributed by atoms with Crippen LogP contribution in [0.25, 0.3) is 0 Å². The predicted molar refractivity (Wildman–Crippen MR) is 109 cm³/mol. The molecule has 2 aromatic rings. The van der Waals surface area contributed by atoms with Crippen LogP contribution in [0, 0.1) is 12.8 Å². The molecule has 1 aliphatic carbocycles. The SMILES string of the molecule is Cc1ccc(C(=O)N(CC2CC2)c2ccccc2CCOCCl)c(C(N)=O)n1. The summed E-state index contributed by atoms with van der Waals surface area (Å²) in [5.74, 6) is -0.507. The number of nitrogens with two attached hydrogens (primary N) is 1. The molecule has 0 bridgehead atoms. The molecule has 0 radical (unpaired) electrons. The van der Waals surface area contributed by atoms with Crippen LogP contribution in [-0.4, -0.2) is 36.0 Å². The lowest BCUT2D eigenvalue weighted by atomic mass is 10.1. The Balaban J connectivity index is 1.98. The number of para-hydroxylation sites is 1. The molecular weight excluding hydrogens is 378 g/mol. The number of benzene rings is 1. The molecule has 0 atom stereocenters. The summed E-state index contributed by atoms with van der Waals surface area (Å²) in [5, 5.41) is 0. The smallest absolute Gasteiger partial charge is 0.268 e. The number of amides is 2. The normalized spacial score (nSPS) is 13.4. The van der Waals surface area contributed by atoms with Gasteiger partial charge in [0.2, 0.25) is 0 Å². The molecule has 1 aliphatic rings. The highest BCUT2D eigenvalue weighted by atomic mass is 35.5. The highest BCUT2D eigenvalue weighted by Crippen LogP contribution is 2.33. The van der Waals surface area contributed by atoms with Crippen molar-refractivity contribution in [1.29, 1.82) is 0 Å². The standard InChI is InChI=1S/C21H24ClN3O3/c1-14-6-9-17(19(24-14)20(23)26)21(27)25(12-15-7-8-15)18-5-3-2-4-16(18)10-11-28-13-22/h2-6,9,15H,7-8,10-13H2,1H3,(H2,23,26). The second-order valence-corrected chi connectivity index (χ2v) is 7.19. The summed E-state index contributed by atoms with van der Waals surface area (Å²) < 4.78 is 5.27. The third-order valence-corrected chi connectivity index (χ3v) is 4.91. The highest BCUT2D eigenvalue weighted by molar-refractivity contribution is 6.17. The van der Waals surface area contributed by atoms with Gasteiger partial charge in [-0.25, -0.2) is 4.98 Å². The maximum Gasteiger partial charge on any atom is 0.268 e. The summed E-state index contributed by atoms with van der Waals surface area (Å²) in [6.45, 7) is 2.82. The van der Waals surface area contributed by atoms with E-state index in [2.05, 4.69) is 4.98 Å². The van der Waals surface area contributed by atoms with Gasteiger partial charge in [-0.2, -0.15) is 0 Å². The second kappa shape index (κ2) is 9.17. The molecule has 1 aromatic heterocycles. The molecule has 1 fully saturated rings. The van der Waals surface area contributed by atoms with Gasteiger partial charge in [-0.05, 0) is 55.9 Å². The molecule has 0 spiro atoms. The van der Waals surface area contributed by atoms with E-state index in [4.69, 9.17) is 22.1 Å². The Kier molecular flexibility index (Phi) is 6.65. The zero-order chi connectivity index (χ0) is 20.1. The number of hydrogen-bond acceptors (Lipinski definition) is 4. The summed E-state index contributed by atoms with van der Waals surface area (Å²) in [7, 11) is 0. The lowest BCUT2D eigenvalue weighted by Gasteiger charge is -2.26. The van der Waals surface area contributed by atoms with Gasteiger partial charge in [0, 0.05) is 17.9 Å². The number of carbonyl (C=O) groups excluding carboxylic acids is 2. The van der Waals surface area contributed by atoms with Crippen LogP contribution in [-0.2, 0) is 11.2 Å². The number of anilines is 1. The van der Waals surface area contributed by atoms with E-state index < -0.39 is 5.91 Å². The summed E-state index contributed by atoms with van der Waals surface area (Å²) >= 11 is 5.60. The molecule has 148 valence electrons. The highest BCUT2D eigenvalue weighted by Gasteiger charge is 2.31. The lowest BCUT2D eigenvalue weighted by Crippen LogP contribution is -2.35. The first-order chi connectivity index (χ1) is 13.5. The van der Waals surface area contributed by atoms with E-state index in [1.54, 1.807) is 24.0 Å². The van der Waals surface area contributed by atoms with Gasteiger partial charge < -0.3 is 15.4 Å². The number of halogens is 1. The van der Waals surface area contributed by atoms with E-state index in [9.17, 15) is 9.59 Å². The molecule has 2 amide bonds. The van der Waals surface area contributed by atoms with Crippen molar-refractivity contribution in [2.24, 2.45) is 11.7 Å². The number of carbonyl (C=O) groups is 2. The van der Waals surface area contributed by atoms with Crippen molar-refractivity contribution in [1.82, 2.24) is 4.98 Å². The molecule has 1 aromatic carbocycles. The Morgan fingerprint density at radius 2 is 2.00 bits per heavy atom. The lowest BCUT2D eigenvalue weighted by molar-refractivity contribution is 0.0955. The number of ether oxygens (including phenoxy) is 1. The molecule has 0 unspecified atom stereocenters. The van der Waals surface area contributed by atoms with Crippen LogP contribution in [0.2, 0.25) is 0 Å². The van der Waals surface area contributed by atoms with Gasteiger partial charge in [-0.15, -0.1) is 0 Å².